The normalized spacial score (nSPS) is 22.8. The first-order valence-electron chi connectivity index (χ1n) is 6.77. The standard InChI is InChI=1S/C16H23NO/c1-3-11-17(2)12-10-14-9-8-13-6-4-5-7-15(13)16(14)18/h3-7,14,16,18H,1,8-12H2,2H3. The number of aliphatic hydroxyl groups is 1. The molecule has 1 aliphatic rings. The fourth-order valence-corrected chi connectivity index (χ4v) is 2.80. The van der Waals surface area contributed by atoms with E-state index in [4.69, 9.17) is 0 Å². The summed E-state index contributed by atoms with van der Waals surface area (Å²) in [5.74, 6) is 0.396. The van der Waals surface area contributed by atoms with E-state index in [1.165, 1.54) is 5.56 Å². The molecule has 0 saturated carbocycles. The average molecular weight is 245 g/mol. The first-order chi connectivity index (χ1) is 8.72. The van der Waals surface area contributed by atoms with Crippen molar-refractivity contribution in [1.29, 1.82) is 0 Å². The molecule has 0 aliphatic heterocycles. The highest BCUT2D eigenvalue weighted by atomic mass is 16.3. The Labute approximate surface area is 110 Å². The third-order valence-electron chi connectivity index (χ3n) is 3.93. The van der Waals surface area contributed by atoms with E-state index in [1.54, 1.807) is 0 Å². The van der Waals surface area contributed by atoms with E-state index >= 15 is 0 Å². The molecule has 2 nitrogen and oxygen atoms in total. The zero-order valence-corrected chi connectivity index (χ0v) is 11.2. The molecule has 98 valence electrons. The number of rotatable bonds is 5. The Morgan fingerprint density at radius 2 is 2.22 bits per heavy atom. The topological polar surface area (TPSA) is 23.5 Å². The average Bonchev–Trinajstić information content (AvgIpc) is 2.39. The number of nitrogens with zero attached hydrogens (tertiary/aromatic N) is 1. The van der Waals surface area contributed by atoms with Crippen LogP contribution in [0.3, 0.4) is 0 Å². The van der Waals surface area contributed by atoms with Gasteiger partial charge in [0.25, 0.3) is 0 Å². The maximum absolute atomic E-state index is 10.4. The monoisotopic (exact) mass is 245 g/mol. The number of hydrogen-bond acceptors (Lipinski definition) is 2. The summed E-state index contributed by atoms with van der Waals surface area (Å²) in [6.45, 7) is 5.69. The number of aryl methyl sites for hydroxylation is 1. The van der Waals surface area contributed by atoms with Crippen LogP contribution in [0.4, 0.5) is 0 Å². The summed E-state index contributed by atoms with van der Waals surface area (Å²) in [4.78, 5) is 2.25. The second-order valence-corrected chi connectivity index (χ2v) is 5.28. The molecule has 1 aliphatic carbocycles. The van der Waals surface area contributed by atoms with E-state index in [0.717, 1.165) is 37.9 Å². The lowest BCUT2D eigenvalue weighted by Crippen LogP contribution is -2.26. The predicted molar refractivity (Wildman–Crippen MR) is 75.5 cm³/mol. The third kappa shape index (κ3) is 3.01. The molecular weight excluding hydrogens is 222 g/mol. The van der Waals surface area contributed by atoms with Crippen LogP contribution < -0.4 is 0 Å². The minimum atomic E-state index is -0.285. The van der Waals surface area contributed by atoms with Gasteiger partial charge in [0.2, 0.25) is 0 Å². The van der Waals surface area contributed by atoms with E-state index in [-0.39, 0.29) is 6.10 Å². The van der Waals surface area contributed by atoms with Crippen LogP contribution in [-0.4, -0.2) is 30.1 Å². The van der Waals surface area contributed by atoms with Crippen LogP contribution in [0.1, 0.15) is 30.1 Å². The number of hydrogen-bond donors (Lipinski definition) is 1. The molecule has 0 radical (unpaired) electrons. The number of aliphatic hydroxyl groups excluding tert-OH is 1. The molecule has 2 heteroatoms. The van der Waals surface area contributed by atoms with E-state index in [9.17, 15) is 5.11 Å². The maximum atomic E-state index is 10.4. The molecule has 0 amide bonds. The van der Waals surface area contributed by atoms with Gasteiger partial charge in [0.15, 0.2) is 0 Å². The smallest absolute Gasteiger partial charge is 0.0821 e. The lowest BCUT2D eigenvalue weighted by atomic mass is 9.80. The van der Waals surface area contributed by atoms with Crippen LogP contribution in [-0.2, 0) is 6.42 Å². The maximum Gasteiger partial charge on any atom is 0.0821 e. The summed E-state index contributed by atoms with van der Waals surface area (Å²) in [6, 6.07) is 8.29. The van der Waals surface area contributed by atoms with Crippen molar-refractivity contribution in [2.24, 2.45) is 5.92 Å². The van der Waals surface area contributed by atoms with Crippen LogP contribution >= 0.6 is 0 Å². The Kier molecular flexibility index (Phi) is 4.56. The van der Waals surface area contributed by atoms with Gasteiger partial charge in [-0.1, -0.05) is 30.3 Å². The van der Waals surface area contributed by atoms with Crippen molar-refractivity contribution < 1.29 is 5.11 Å². The van der Waals surface area contributed by atoms with Gasteiger partial charge in [0.1, 0.15) is 0 Å². The van der Waals surface area contributed by atoms with E-state index < -0.39 is 0 Å². The predicted octanol–water partition coefficient (Wildman–Crippen LogP) is 2.79. The Bertz CT molecular complexity index is 402. The van der Waals surface area contributed by atoms with Crippen LogP contribution in [0.5, 0.6) is 0 Å². The molecule has 1 aromatic carbocycles. The summed E-state index contributed by atoms with van der Waals surface area (Å²) in [6.07, 6.45) is 4.89. The lowest BCUT2D eigenvalue weighted by molar-refractivity contribution is 0.0830. The van der Waals surface area contributed by atoms with Gasteiger partial charge in [-0.25, -0.2) is 0 Å². The molecule has 0 bridgehead atoms. The Morgan fingerprint density at radius 3 is 3.00 bits per heavy atom. The minimum absolute atomic E-state index is 0.285. The van der Waals surface area contributed by atoms with Crippen LogP contribution in [0.25, 0.3) is 0 Å². The van der Waals surface area contributed by atoms with Crippen molar-refractivity contribution >= 4 is 0 Å². The summed E-state index contributed by atoms with van der Waals surface area (Å²) in [5.41, 5.74) is 2.46. The van der Waals surface area contributed by atoms with Crippen LogP contribution in [0.15, 0.2) is 36.9 Å². The molecule has 1 N–H and O–H groups in total. The molecule has 0 saturated heterocycles. The Hall–Kier alpha value is -1.12. The van der Waals surface area contributed by atoms with Crippen molar-refractivity contribution in [3.63, 3.8) is 0 Å². The fourth-order valence-electron chi connectivity index (χ4n) is 2.80. The fraction of sp³-hybridized carbons (Fsp3) is 0.500. The Balaban J connectivity index is 1.95. The van der Waals surface area contributed by atoms with Gasteiger partial charge in [0.05, 0.1) is 6.10 Å². The van der Waals surface area contributed by atoms with Crippen molar-refractivity contribution in [2.75, 3.05) is 20.1 Å². The lowest BCUT2D eigenvalue weighted by Gasteiger charge is -2.31. The van der Waals surface area contributed by atoms with Gasteiger partial charge in [0, 0.05) is 6.54 Å². The SMILES string of the molecule is C=CCN(C)CCC1CCc2ccccc2C1O. The summed E-state index contributed by atoms with van der Waals surface area (Å²) in [7, 11) is 2.10. The third-order valence-corrected chi connectivity index (χ3v) is 3.93. The molecule has 0 aromatic heterocycles. The van der Waals surface area contributed by atoms with E-state index in [0.29, 0.717) is 5.92 Å². The van der Waals surface area contributed by atoms with Gasteiger partial charge >= 0.3 is 0 Å². The molecule has 2 rings (SSSR count). The van der Waals surface area contributed by atoms with Crippen molar-refractivity contribution in [3.05, 3.63) is 48.0 Å². The molecule has 2 unspecified atom stereocenters. The van der Waals surface area contributed by atoms with Crippen molar-refractivity contribution in [2.45, 2.75) is 25.4 Å². The summed E-state index contributed by atoms with van der Waals surface area (Å²) >= 11 is 0. The summed E-state index contributed by atoms with van der Waals surface area (Å²) < 4.78 is 0. The Morgan fingerprint density at radius 1 is 1.44 bits per heavy atom. The van der Waals surface area contributed by atoms with Gasteiger partial charge in [-0.3, -0.25) is 0 Å². The van der Waals surface area contributed by atoms with Gasteiger partial charge in [-0.2, -0.15) is 0 Å². The highest BCUT2D eigenvalue weighted by Crippen LogP contribution is 2.35. The first-order valence-corrected chi connectivity index (χ1v) is 6.77. The molecule has 2 atom stereocenters. The van der Waals surface area contributed by atoms with E-state index in [1.807, 2.05) is 12.1 Å². The second-order valence-electron chi connectivity index (χ2n) is 5.28. The molecule has 0 spiro atoms. The zero-order chi connectivity index (χ0) is 13.0. The molecule has 1 aromatic rings. The number of benzene rings is 1. The quantitative estimate of drug-likeness (QED) is 0.806. The minimum Gasteiger partial charge on any atom is -0.388 e. The largest absolute Gasteiger partial charge is 0.388 e. The van der Waals surface area contributed by atoms with Gasteiger partial charge in [-0.15, -0.1) is 6.58 Å². The van der Waals surface area contributed by atoms with Crippen molar-refractivity contribution in [3.8, 4) is 0 Å². The number of fused-ring (bicyclic) bond motifs is 1. The van der Waals surface area contributed by atoms with Gasteiger partial charge in [-0.05, 0) is 49.9 Å². The second kappa shape index (κ2) is 6.17. The molecule has 18 heavy (non-hydrogen) atoms. The number of likely N-dealkylation sites (N-methyl/N-ethyl adjacent to an activating group) is 1. The summed E-state index contributed by atoms with van der Waals surface area (Å²) in [5, 5.41) is 10.4. The molecule has 0 heterocycles. The highest BCUT2D eigenvalue weighted by molar-refractivity contribution is 5.31. The van der Waals surface area contributed by atoms with E-state index in [2.05, 4.69) is 36.7 Å². The zero-order valence-electron chi connectivity index (χ0n) is 11.2. The van der Waals surface area contributed by atoms with Crippen LogP contribution in [0.2, 0.25) is 0 Å². The first kappa shape index (κ1) is 13.3. The molecule has 0 fully saturated rings. The van der Waals surface area contributed by atoms with Crippen LogP contribution in [0, 0.1) is 5.92 Å². The van der Waals surface area contributed by atoms with Crippen molar-refractivity contribution in [1.82, 2.24) is 4.90 Å². The molecular formula is C16H23NO. The van der Waals surface area contributed by atoms with Gasteiger partial charge < -0.3 is 10.0 Å². The highest BCUT2D eigenvalue weighted by Gasteiger charge is 2.27.